The molecular formula is C15H10F4N4OS. The van der Waals surface area contributed by atoms with Gasteiger partial charge in [-0.15, -0.1) is 5.10 Å². The minimum absolute atomic E-state index is 0.00208. The van der Waals surface area contributed by atoms with Crippen molar-refractivity contribution in [3.05, 3.63) is 39.7 Å². The van der Waals surface area contributed by atoms with Crippen molar-refractivity contribution in [1.82, 2.24) is 14.3 Å². The van der Waals surface area contributed by atoms with Crippen molar-refractivity contribution in [1.29, 1.82) is 5.26 Å². The lowest BCUT2D eigenvalue weighted by atomic mass is 10.0. The smallest absolute Gasteiger partial charge is 0.451 e. The molecule has 1 unspecified atom stereocenters. The van der Waals surface area contributed by atoms with Gasteiger partial charge in [-0.3, -0.25) is 4.57 Å². The molecule has 1 aromatic carbocycles. The Labute approximate surface area is 144 Å². The summed E-state index contributed by atoms with van der Waals surface area (Å²) in [5.41, 5.74) is 0.432. The van der Waals surface area contributed by atoms with E-state index in [1.54, 1.807) is 6.92 Å². The zero-order valence-electron chi connectivity index (χ0n) is 12.9. The normalized spacial score (nSPS) is 16.7. The van der Waals surface area contributed by atoms with Gasteiger partial charge in [0.2, 0.25) is 10.6 Å². The lowest BCUT2D eigenvalue weighted by Crippen LogP contribution is -2.23. The molecule has 0 bridgehead atoms. The number of hydrogen-bond acceptors (Lipinski definition) is 4. The maximum absolute atomic E-state index is 13.6. The number of halogens is 4. The summed E-state index contributed by atoms with van der Waals surface area (Å²) in [5.74, 6) is -1.66. The number of fused-ring (bicyclic) bond motifs is 1. The fraction of sp³-hybridized carbons (Fsp3) is 0.267. The van der Waals surface area contributed by atoms with Crippen LogP contribution in [0.4, 0.5) is 17.6 Å². The summed E-state index contributed by atoms with van der Waals surface area (Å²) in [5, 5.41) is 12.6. The molecule has 1 aromatic heterocycles. The Bertz CT molecular complexity index is 997. The molecule has 1 aliphatic heterocycles. The molecule has 2 heterocycles. The van der Waals surface area contributed by atoms with Gasteiger partial charge in [0.15, 0.2) is 0 Å². The summed E-state index contributed by atoms with van der Waals surface area (Å²) in [7, 11) is 1.16. The summed E-state index contributed by atoms with van der Waals surface area (Å²) < 4.78 is 59.8. The van der Waals surface area contributed by atoms with Crippen LogP contribution in [0.25, 0.3) is 11.8 Å². The number of benzene rings is 1. The summed E-state index contributed by atoms with van der Waals surface area (Å²) in [6.45, 7) is 1.57. The summed E-state index contributed by atoms with van der Waals surface area (Å²) >= 11 is 5.03. The number of nitriles is 1. The van der Waals surface area contributed by atoms with Gasteiger partial charge >= 0.3 is 6.18 Å². The van der Waals surface area contributed by atoms with Crippen LogP contribution >= 0.6 is 12.2 Å². The van der Waals surface area contributed by atoms with Crippen LogP contribution in [0.5, 0.6) is 5.75 Å². The molecule has 0 spiro atoms. The van der Waals surface area contributed by atoms with Gasteiger partial charge in [0.1, 0.15) is 23.7 Å². The second kappa shape index (κ2) is 5.70. The predicted octanol–water partition coefficient (Wildman–Crippen LogP) is 3.76. The highest BCUT2D eigenvalue weighted by Gasteiger charge is 2.38. The standard InChI is InChI=1S/C15H10F4N4OS/c1-7-11(23-14(25)22(2)13(21-23)15(17,18)19)5-8-3-10(16)4-9(6-20)12(8)24-7/h3-5,7H,1-2H3. The van der Waals surface area contributed by atoms with Crippen LogP contribution in [-0.2, 0) is 13.2 Å². The molecule has 0 aliphatic carbocycles. The predicted molar refractivity (Wildman–Crippen MR) is 82.4 cm³/mol. The largest absolute Gasteiger partial charge is 0.482 e. The SMILES string of the molecule is CC1Oc2c(C#N)cc(F)cc2C=C1n1nc(C(F)(F)F)n(C)c1=S. The van der Waals surface area contributed by atoms with Crippen molar-refractivity contribution < 1.29 is 22.3 Å². The van der Waals surface area contributed by atoms with Crippen LogP contribution in [0.15, 0.2) is 12.1 Å². The summed E-state index contributed by atoms with van der Waals surface area (Å²) in [6.07, 6.45) is -4.01. The van der Waals surface area contributed by atoms with E-state index in [9.17, 15) is 17.6 Å². The highest BCUT2D eigenvalue weighted by atomic mass is 32.1. The molecule has 5 nitrogen and oxygen atoms in total. The van der Waals surface area contributed by atoms with Crippen molar-refractivity contribution >= 4 is 24.0 Å². The van der Waals surface area contributed by atoms with Crippen LogP contribution in [0.3, 0.4) is 0 Å². The molecule has 0 radical (unpaired) electrons. The van der Waals surface area contributed by atoms with E-state index in [1.807, 2.05) is 6.07 Å². The van der Waals surface area contributed by atoms with Crippen molar-refractivity contribution in [2.45, 2.75) is 19.2 Å². The highest BCUT2D eigenvalue weighted by molar-refractivity contribution is 7.71. The Morgan fingerprint density at radius 3 is 2.60 bits per heavy atom. The third-order valence-electron chi connectivity index (χ3n) is 3.70. The topological polar surface area (TPSA) is 55.8 Å². The minimum atomic E-state index is -4.68. The molecule has 25 heavy (non-hydrogen) atoms. The van der Waals surface area contributed by atoms with Crippen LogP contribution in [0, 0.1) is 21.9 Å². The third kappa shape index (κ3) is 2.80. The minimum Gasteiger partial charge on any atom is -0.482 e. The fourth-order valence-corrected chi connectivity index (χ4v) is 2.77. The molecule has 3 rings (SSSR count). The maximum atomic E-state index is 13.6. The van der Waals surface area contributed by atoms with Gasteiger partial charge in [-0.05, 0) is 37.4 Å². The number of nitrogens with zero attached hydrogens (tertiary/aromatic N) is 4. The van der Waals surface area contributed by atoms with Gasteiger partial charge in [-0.1, -0.05) is 0 Å². The molecule has 1 aliphatic rings. The zero-order valence-corrected chi connectivity index (χ0v) is 13.7. The Morgan fingerprint density at radius 1 is 1.36 bits per heavy atom. The molecule has 0 amide bonds. The Morgan fingerprint density at radius 2 is 2.04 bits per heavy atom. The van der Waals surface area contributed by atoms with E-state index in [2.05, 4.69) is 5.10 Å². The zero-order chi connectivity index (χ0) is 18.5. The van der Waals surface area contributed by atoms with Crippen LogP contribution < -0.4 is 4.74 Å². The van der Waals surface area contributed by atoms with E-state index >= 15 is 0 Å². The van der Waals surface area contributed by atoms with Gasteiger partial charge in [0.05, 0.1) is 11.3 Å². The summed E-state index contributed by atoms with van der Waals surface area (Å²) in [6, 6.07) is 3.98. The van der Waals surface area contributed by atoms with Crippen molar-refractivity contribution in [3.63, 3.8) is 0 Å². The molecule has 0 saturated carbocycles. The molecule has 10 heteroatoms. The highest BCUT2D eigenvalue weighted by Crippen LogP contribution is 2.36. The van der Waals surface area contributed by atoms with Gasteiger partial charge in [0.25, 0.3) is 0 Å². The third-order valence-corrected chi connectivity index (χ3v) is 4.14. The first-order valence-electron chi connectivity index (χ1n) is 6.99. The maximum Gasteiger partial charge on any atom is 0.451 e. The molecule has 0 saturated heterocycles. The number of rotatable bonds is 1. The lowest BCUT2D eigenvalue weighted by Gasteiger charge is -2.25. The van der Waals surface area contributed by atoms with Crippen molar-refractivity contribution in [2.24, 2.45) is 7.05 Å². The van der Waals surface area contributed by atoms with E-state index < -0.39 is 23.9 Å². The van der Waals surface area contributed by atoms with E-state index in [4.69, 9.17) is 22.2 Å². The molecular weight excluding hydrogens is 360 g/mol. The fourth-order valence-electron chi connectivity index (χ4n) is 2.54. The van der Waals surface area contributed by atoms with E-state index in [1.165, 1.54) is 6.08 Å². The van der Waals surface area contributed by atoms with E-state index in [-0.39, 0.29) is 27.3 Å². The number of hydrogen-bond donors (Lipinski definition) is 0. The van der Waals surface area contributed by atoms with Crippen molar-refractivity contribution in [2.75, 3.05) is 0 Å². The first kappa shape index (κ1) is 17.2. The second-order valence-corrected chi connectivity index (χ2v) is 5.75. The lowest BCUT2D eigenvalue weighted by molar-refractivity contribution is -0.147. The number of alkyl halides is 3. The average Bonchev–Trinajstić information content (AvgIpc) is 2.82. The number of aromatic nitrogens is 3. The molecule has 0 N–H and O–H groups in total. The first-order chi connectivity index (χ1) is 11.6. The van der Waals surface area contributed by atoms with Crippen LogP contribution in [0.2, 0.25) is 0 Å². The second-order valence-electron chi connectivity index (χ2n) is 5.39. The molecule has 0 fully saturated rings. The van der Waals surface area contributed by atoms with Gasteiger partial charge in [-0.2, -0.15) is 18.4 Å². The Hall–Kier alpha value is -2.67. The van der Waals surface area contributed by atoms with E-state index in [0.717, 1.165) is 28.4 Å². The van der Waals surface area contributed by atoms with E-state index in [0.29, 0.717) is 0 Å². The van der Waals surface area contributed by atoms with Gasteiger partial charge in [0, 0.05) is 12.6 Å². The van der Waals surface area contributed by atoms with Crippen LogP contribution in [0.1, 0.15) is 23.9 Å². The van der Waals surface area contributed by atoms with Gasteiger partial charge < -0.3 is 4.74 Å². The molecule has 2 aromatic rings. The first-order valence-corrected chi connectivity index (χ1v) is 7.40. The molecule has 130 valence electrons. The monoisotopic (exact) mass is 370 g/mol. The van der Waals surface area contributed by atoms with Gasteiger partial charge in [-0.25, -0.2) is 9.07 Å². The molecule has 1 atom stereocenters. The summed E-state index contributed by atoms with van der Waals surface area (Å²) in [4.78, 5) is 0. The average molecular weight is 370 g/mol. The Kier molecular flexibility index (Phi) is 3.91. The van der Waals surface area contributed by atoms with Crippen molar-refractivity contribution in [3.8, 4) is 11.8 Å². The Balaban J connectivity index is 2.21. The number of ether oxygens (including phenoxy) is 1. The quantitative estimate of drug-likeness (QED) is 0.567. The van der Waals surface area contributed by atoms with Crippen LogP contribution in [-0.4, -0.2) is 20.5 Å².